The highest BCUT2D eigenvalue weighted by molar-refractivity contribution is 6.12. The van der Waals surface area contributed by atoms with Crippen LogP contribution in [0.1, 0.15) is 22.3 Å². The second-order valence-corrected chi connectivity index (χ2v) is 19.3. The van der Waals surface area contributed by atoms with Gasteiger partial charge in [-0.05, 0) is 89.0 Å². The summed E-state index contributed by atoms with van der Waals surface area (Å²) >= 11 is 0. The molecule has 3 heterocycles. The van der Waals surface area contributed by atoms with Crippen LogP contribution in [0, 0.1) is 0 Å². The van der Waals surface area contributed by atoms with Crippen molar-refractivity contribution in [2.24, 2.45) is 0 Å². The van der Waals surface area contributed by atoms with Crippen LogP contribution < -0.4 is 0 Å². The maximum atomic E-state index is 14.9. The molecule has 0 amide bonds. The van der Waals surface area contributed by atoms with Gasteiger partial charge in [-0.15, -0.1) is 0 Å². The molecule has 0 fully saturated rings. The summed E-state index contributed by atoms with van der Waals surface area (Å²) in [5, 5.41) is 0.202. The minimum atomic E-state index is -5.30. The van der Waals surface area contributed by atoms with Crippen molar-refractivity contribution in [3.05, 3.63) is 241 Å². The predicted octanol–water partition coefficient (Wildman–Crippen LogP) is 19.2. The fourth-order valence-electron chi connectivity index (χ4n) is 10.1. The average Bonchev–Trinajstić information content (AvgIpc) is 2.02. The Bertz CT molecular complexity index is 4180. The van der Waals surface area contributed by atoms with Crippen LogP contribution in [0.4, 0.5) is 52.7 Å². The predicted molar refractivity (Wildman–Crippen MR) is 293 cm³/mol. The first-order valence-electron chi connectivity index (χ1n) is 25.3. The minimum absolute atomic E-state index is 0.00338. The second-order valence-electron chi connectivity index (χ2n) is 19.3. The first-order valence-corrected chi connectivity index (χ1v) is 25.3. The molecule has 0 atom stereocenters. The van der Waals surface area contributed by atoms with Crippen molar-refractivity contribution in [2.45, 2.75) is 24.7 Å². The highest BCUT2D eigenvalue weighted by Crippen LogP contribution is 2.47. The smallest absolute Gasteiger partial charge is 0.308 e. The van der Waals surface area contributed by atoms with Crippen LogP contribution in [0.2, 0.25) is 0 Å². The summed E-state index contributed by atoms with van der Waals surface area (Å²) in [5.74, 6) is 1.02. The molecule has 0 unspecified atom stereocenters. The lowest BCUT2D eigenvalue weighted by molar-refractivity contribution is -0.144. The van der Waals surface area contributed by atoms with Gasteiger partial charge in [0.25, 0.3) is 0 Å². The molecule has 0 bridgehead atoms. The van der Waals surface area contributed by atoms with Crippen LogP contribution in [0.5, 0.6) is 0 Å². The summed E-state index contributed by atoms with van der Waals surface area (Å²) in [6.45, 7) is 0. The number of aromatic nitrogens is 6. The Hall–Kier alpha value is -9.97. The maximum Gasteiger partial charge on any atom is 0.417 e. The Balaban J connectivity index is 1.17. The van der Waals surface area contributed by atoms with E-state index in [9.17, 15) is 52.7 Å². The lowest BCUT2D eigenvalue weighted by Crippen LogP contribution is -2.12. The molecule has 9 aromatic carbocycles. The summed E-state index contributed by atoms with van der Waals surface area (Å²) in [6, 6.07) is 54.3. The van der Waals surface area contributed by atoms with E-state index in [0.717, 1.165) is 5.56 Å². The van der Waals surface area contributed by atoms with Crippen molar-refractivity contribution in [2.75, 3.05) is 0 Å². The third kappa shape index (κ3) is 10.5. The fraction of sp³-hybridized carbons (Fsp3) is 0.0615. The zero-order chi connectivity index (χ0) is 58.0. The van der Waals surface area contributed by atoms with Gasteiger partial charge < -0.3 is 4.57 Å². The van der Waals surface area contributed by atoms with Crippen LogP contribution in [0.15, 0.2) is 218 Å². The van der Waals surface area contributed by atoms with Crippen molar-refractivity contribution in [3.8, 4) is 96.0 Å². The summed E-state index contributed by atoms with van der Waals surface area (Å²) in [4.78, 5) is 25.1. The molecule has 410 valence electrons. The second kappa shape index (κ2) is 20.5. The molecule has 0 N–H and O–H groups in total. The third-order valence-electron chi connectivity index (χ3n) is 14.0. The molecular weight excluding hydrogens is 1090 g/mol. The van der Waals surface area contributed by atoms with Crippen LogP contribution >= 0.6 is 0 Å². The van der Waals surface area contributed by atoms with Crippen LogP contribution in [0.25, 0.3) is 118 Å². The number of halogens is 12. The average molecular weight is 1130 g/mol. The zero-order valence-corrected chi connectivity index (χ0v) is 42.5. The van der Waals surface area contributed by atoms with Gasteiger partial charge in [-0.2, -0.15) is 52.7 Å². The lowest BCUT2D eigenvalue weighted by atomic mass is 9.94. The molecule has 0 aliphatic carbocycles. The van der Waals surface area contributed by atoms with Gasteiger partial charge in [0, 0.05) is 44.2 Å². The molecule has 0 radical (unpaired) electrons. The Kier molecular flexibility index (Phi) is 13.3. The molecule has 18 heteroatoms. The van der Waals surface area contributed by atoms with E-state index in [-0.39, 0.29) is 62.5 Å². The highest BCUT2D eigenvalue weighted by Gasteiger charge is 2.40. The third-order valence-corrected chi connectivity index (χ3v) is 14.0. The summed E-state index contributed by atoms with van der Waals surface area (Å²) in [5.41, 5.74) is -2.65. The topological polar surface area (TPSA) is 69.4 Å². The number of hydrogen-bond acceptors (Lipinski definition) is 5. The van der Waals surface area contributed by atoms with Crippen molar-refractivity contribution in [3.63, 3.8) is 0 Å². The van der Waals surface area contributed by atoms with Gasteiger partial charge in [-0.1, -0.05) is 152 Å². The van der Waals surface area contributed by atoms with Crippen molar-refractivity contribution in [1.29, 1.82) is 0 Å². The maximum absolute atomic E-state index is 14.9. The molecule has 12 aromatic rings. The first kappa shape index (κ1) is 53.7. The van der Waals surface area contributed by atoms with E-state index in [0.29, 0.717) is 75.0 Å². The number of fused-ring (bicyclic) bond motifs is 3. The molecule has 0 saturated heterocycles. The van der Waals surface area contributed by atoms with E-state index >= 15 is 0 Å². The summed E-state index contributed by atoms with van der Waals surface area (Å²) < 4.78 is 175. The van der Waals surface area contributed by atoms with E-state index in [2.05, 4.69) is 0 Å². The molecule has 12 rings (SSSR count). The van der Waals surface area contributed by atoms with E-state index in [1.165, 1.54) is 36.4 Å². The highest BCUT2D eigenvalue weighted by atomic mass is 19.4. The van der Waals surface area contributed by atoms with E-state index < -0.39 is 58.1 Å². The molecule has 3 aromatic heterocycles. The number of alkyl halides is 12. The normalized spacial score (nSPS) is 12.3. The van der Waals surface area contributed by atoms with Crippen LogP contribution in [0.3, 0.4) is 0 Å². The standard InChI is InChI=1S/C65H36F12N6/c66-62(67,68)44-24-26-46(51(34-44)64(72,73)74)41-21-28-55-48(31-41)49-32-42(47-27-25-45(63(69,70)71)35-52(47)65(75,76)77)22-29-56(49)83(55)57-30-23-43(54-36-53(37-13-5-1-6-14-37)78-58(79-54)38-15-7-2-8-16-38)33-50(57)61-81-59(39-17-9-3-10-18-39)80-60(82-61)40-19-11-4-12-20-40/h1-36H. The van der Waals surface area contributed by atoms with Crippen molar-refractivity contribution in [1.82, 2.24) is 29.5 Å². The van der Waals surface area contributed by atoms with Gasteiger partial charge in [0.15, 0.2) is 23.3 Å². The van der Waals surface area contributed by atoms with Crippen LogP contribution in [-0.2, 0) is 24.7 Å². The SMILES string of the molecule is FC(F)(F)c1ccc(-c2ccc3c(c2)c2cc(-c4ccc(C(F)(F)F)cc4C(F)(F)F)ccc2n3-c2ccc(-c3cc(-c4ccccc4)nc(-c4ccccc4)n3)cc2-c2nc(-c3ccccc3)nc(-c3ccccc3)n2)c(C(F)(F)F)c1. The number of hydrogen-bond donors (Lipinski definition) is 0. The van der Waals surface area contributed by atoms with Crippen molar-refractivity contribution < 1.29 is 52.7 Å². The van der Waals surface area contributed by atoms with Gasteiger partial charge in [0.1, 0.15) is 0 Å². The molecule has 0 saturated carbocycles. The summed E-state index contributed by atoms with van der Waals surface area (Å²) in [7, 11) is 0. The fourth-order valence-corrected chi connectivity index (χ4v) is 10.1. The first-order chi connectivity index (χ1) is 39.7. The van der Waals surface area contributed by atoms with Gasteiger partial charge in [-0.25, -0.2) is 24.9 Å². The summed E-state index contributed by atoms with van der Waals surface area (Å²) in [6.07, 6.45) is -20.9. The van der Waals surface area contributed by atoms with Gasteiger partial charge >= 0.3 is 24.7 Å². The van der Waals surface area contributed by atoms with E-state index in [1.54, 1.807) is 22.8 Å². The van der Waals surface area contributed by atoms with Gasteiger partial charge in [0.2, 0.25) is 0 Å². The molecule has 0 spiro atoms. The number of benzene rings is 9. The monoisotopic (exact) mass is 1130 g/mol. The largest absolute Gasteiger partial charge is 0.417 e. The molecule has 83 heavy (non-hydrogen) atoms. The Morgan fingerprint density at radius 1 is 0.265 bits per heavy atom. The Morgan fingerprint density at radius 3 is 1.05 bits per heavy atom. The quantitative estimate of drug-likeness (QED) is 0.135. The molecule has 0 aliphatic rings. The van der Waals surface area contributed by atoms with E-state index in [1.807, 2.05) is 127 Å². The number of rotatable bonds is 9. The van der Waals surface area contributed by atoms with E-state index in [4.69, 9.17) is 24.9 Å². The molecule has 6 nitrogen and oxygen atoms in total. The van der Waals surface area contributed by atoms with Gasteiger partial charge in [-0.3, -0.25) is 0 Å². The van der Waals surface area contributed by atoms with Gasteiger partial charge in [0.05, 0.1) is 50.4 Å². The van der Waals surface area contributed by atoms with Crippen molar-refractivity contribution >= 4 is 21.8 Å². The number of nitrogens with zero attached hydrogens (tertiary/aromatic N) is 6. The zero-order valence-electron chi connectivity index (χ0n) is 42.5. The molecular formula is C65H36F12N6. The van der Waals surface area contributed by atoms with Crippen LogP contribution in [-0.4, -0.2) is 29.5 Å². The minimum Gasteiger partial charge on any atom is -0.308 e. The Morgan fingerprint density at radius 2 is 0.639 bits per heavy atom. The lowest BCUT2D eigenvalue weighted by Gasteiger charge is -2.18. The molecule has 0 aliphatic heterocycles. The Labute approximate surface area is 463 Å².